The molecule has 2 heterocycles. The van der Waals surface area contributed by atoms with Crippen molar-refractivity contribution >= 4 is 27.7 Å². The van der Waals surface area contributed by atoms with E-state index in [4.69, 9.17) is 0 Å². The Morgan fingerprint density at radius 2 is 2.32 bits per heavy atom. The molecule has 2 aromatic heterocycles. The Morgan fingerprint density at radius 3 is 3.00 bits per heavy atom. The van der Waals surface area contributed by atoms with Crippen molar-refractivity contribution in [2.24, 2.45) is 0 Å². The Kier molecular flexibility index (Phi) is 3.14. The summed E-state index contributed by atoms with van der Waals surface area (Å²) in [4.78, 5) is 16.4. The summed E-state index contributed by atoms with van der Waals surface area (Å²) in [6.45, 7) is 1.97. The summed E-state index contributed by atoms with van der Waals surface area (Å²) >= 11 is 3.39. The number of rotatable bonds is 3. The molecule has 19 heavy (non-hydrogen) atoms. The van der Waals surface area contributed by atoms with Crippen molar-refractivity contribution < 1.29 is 4.79 Å². The van der Waals surface area contributed by atoms with Crippen molar-refractivity contribution in [3.63, 3.8) is 0 Å². The van der Waals surface area contributed by atoms with Crippen LogP contribution in [0.4, 0.5) is 5.82 Å². The predicted molar refractivity (Wildman–Crippen MR) is 77.3 cm³/mol. The first-order valence-electron chi connectivity index (χ1n) is 6.25. The number of nitrogens with zero attached hydrogens (tertiary/aromatic N) is 2. The van der Waals surface area contributed by atoms with E-state index in [0.29, 0.717) is 17.6 Å². The maximum absolute atomic E-state index is 12.2. The summed E-state index contributed by atoms with van der Waals surface area (Å²) in [5.74, 6) is 0.473. The van der Waals surface area contributed by atoms with Gasteiger partial charge in [0.25, 0.3) is 5.91 Å². The molecule has 1 N–H and O–H groups in total. The minimum Gasteiger partial charge on any atom is -0.340 e. The highest BCUT2D eigenvalue weighted by molar-refractivity contribution is 9.10. The minimum atomic E-state index is -0.105. The van der Waals surface area contributed by atoms with Gasteiger partial charge in [0, 0.05) is 22.9 Å². The molecule has 0 aromatic carbocycles. The lowest BCUT2D eigenvalue weighted by Gasteiger charge is -2.09. The topological polar surface area (TPSA) is 46.9 Å². The molecule has 1 saturated carbocycles. The molecule has 0 spiro atoms. The van der Waals surface area contributed by atoms with Crippen LogP contribution in [0.3, 0.4) is 0 Å². The Labute approximate surface area is 120 Å². The first-order valence-corrected chi connectivity index (χ1v) is 7.05. The van der Waals surface area contributed by atoms with Gasteiger partial charge in [0.05, 0.1) is 0 Å². The summed E-state index contributed by atoms with van der Waals surface area (Å²) < 4.78 is 2.98. The zero-order chi connectivity index (χ0) is 13.4. The minimum absolute atomic E-state index is 0.105. The van der Waals surface area contributed by atoms with E-state index in [1.807, 2.05) is 35.9 Å². The molecule has 4 nitrogen and oxygen atoms in total. The fraction of sp³-hybridized carbons (Fsp3) is 0.286. The molecule has 0 bridgehead atoms. The van der Waals surface area contributed by atoms with E-state index >= 15 is 0 Å². The van der Waals surface area contributed by atoms with E-state index in [9.17, 15) is 4.79 Å². The van der Waals surface area contributed by atoms with Crippen LogP contribution in [0.2, 0.25) is 0 Å². The molecule has 1 amide bonds. The number of aromatic nitrogens is 2. The largest absolute Gasteiger partial charge is 0.340 e. The molecule has 0 unspecified atom stereocenters. The van der Waals surface area contributed by atoms with E-state index in [0.717, 1.165) is 22.9 Å². The van der Waals surface area contributed by atoms with Crippen LogP contribution < -0.4 is 5.32 Å². The van der Waals surface area contributed by atoms with Crippen LogP contribution in [0, 0.1) is 6.92 Å². The zero-order valence-electron chi connectivity index (χ0n) is 10.6. The lowest BCUT2D eigenvalue weighted by molar-refractivity contribution is 0.101. The van der Waals surface area contributed by atoms with Crippen molar-refractivity contribution in [2.75, 3.05) is 5.32 Å². The first kappa shape index (κ1) is 12.4. The molecule has 0 radical (unpaired) electrons. The van der Waals surface area contributed by atoms with Gasteiger partial charge in [-0.25, -0.2) is 4.98 Å². The van der Waals surface area contributed by atoms with Crippen LogP contribution in [0.1, 0.15) is 34.9 Å². The van der Waals surface area contributed by atoms with Crippen molar-refractivity contribution in [1.82, 2.24) is 9.55 Å². The van der Waals surface area contributed by atoms with E-state index < -0.39 is 0 Å². The van der Waals surface area contributed by atoms with Gasteiger partial charge < -0.3 is 9.88 Å². The number of carbonyl (C=O) groups is 1. The van der Waals surface area contributed by atoms with Crippen molar-refractivity contribution in [2.45, 2.75) is 25.8 Å². The van der Waals surface area contributed by atoms with E-state index in [1.54, 1.807) is 6.20 Å². The van der Waals surface area contributed by atoms with Gasteiger partial charge in [-0.2, -0.15) is 0 Å². The van der Waals surface area contributed by atoms with E-state index in [2.05, 4.69) is 26.2 Å². The standard InChI is InChI=1S/C14H14BrN3O/c1-9-7-13(16-8-11(9)15)17-14(19)12-3-2-6-18(12)10-4-5-10/h2-3,6-8,10H,4-5H2,1H3,(H,16,17,19). The number of carbonyl (C=O) groups excluding carboxylic acids is 1. The lowest BCUT2D eigenvalue weighted by Crippen LogP contribution is -2.17. The second kappa shape index (κ2) is 4.81. The maximum atomic E-state index is 12.2. The summed E-state index contributed by atoms with van der Waals surface area (Å²) in [7, 11) is 0. The Balaban J connectivity index is 1.80. The van der Waals surface area contributed by atoms with Gasteiger partial charge in [-0.1, -0.05) is 0 Å². The molecule has 1 aliphatic carbocycles. The van der Waals surface area contributed by atoms with Gasteiger partial charge in [0.2, 0.25) is 0 Å². The zero-order valence-corrected chi connectivity index (χ0v) is 12.1. The van der Waals surface area contributed by atoms with E-state index in [1.165, 1.54) is 0 Å². The molecular weight excluding hydrogens is 306 g/mol. The highest BCUT2D eigenvalue weighted by atomic mass is 79.9. The average Bonchev–Trinajstić information content (AvgIpc) is 3.11. The van der Waals surface area contributed by atoms with Crippen LogP contribution in [-0.2, 0) is 0 Å². The highest BCUT2D eigenvalue weighted by Gasteiger charge is 2.26. The van der Waals surface area contributed by atoms with E-state index in [-0.39, 0.29) is 5.91 Å². The van der Waals surface area contributed by atoms with Crippen molar-refractivity contribution in [3.8, 4) is 0 Å². The summed E-state index contributed by atoms with van der Waals surface area (Å²) in [6.07, 6.45) is 5.98. The molecule has 1 aliphatic rings. The maximum Gasteiger partial charge on any atom is 0.273 e. The number of hydrogen-bond donors (Lipinski definition) is 1. The fourth-order valence-corrected chi connectivity index (χ4v) is 2.26. The van der Waals surface area contributed by atoms with Gasteiger partial charge in [-0.05, 0) is 59.5 Å². The monoisotopic (exact) mass is 319 g/mol. The third kappa shape index (κ3) is 2.56. The van der Waals surface area contributed by atoms with Gasteiger partial charge in [0.15, 0.2) is 0 Å². The molecule has 0 aliphatic heterocycles. The second-order valence-electron chi connectivity index (χ2n) is 4.80. The molecule has 98 valence electrons. The predicted octanol–water partition coefficient (Wildman–Crippen LogP) is 3.54. The number of amides is 1. The Hall–Kier alpha value is -1.62. The van der Waals surface area contributed by atoms with Crippen LogP contribution in [0.25, 0.3) is 0 Å². The number of aryl methyl sites for hydroxylation is 1. The average molecular weight is 320 g/mol. The SMILES string of the molecule is Cc1cc(NC(=O)c2cccn2C2CC2)ncc1Br. The summed E-state index contributed by atoms with van der Waals surface area (Å²) in [5.41, 5.74) is 1.74. The number of anilines is 1. The van der Waals surface area contributed by atoms with Crippen LogP contribution >= 0.6 is 15.9 Å². The molecule has 2 aromatic rings. The number of pyridine rings is 1. The van der Waals surface area contributed by atoms with Crippen LogP contribution in [-0.4, -0.2) is 15.5 Å². The summed E-state index contributed by atoms with van der Waals surface area (Å²) in [6, 6.07) is 6.11. The quantitative estimate of drug-likeness (QED) is 0.940. The smallest absolute Gasteiger partial charge is 0.273 e. The molecule has 0 saturated heterocycles. The molecule has 0 atom stereocenters. The summed E-state index contributed by atoms with van der Waals surface area (Å²) in [5, 5.41) is 2.84. The van der Waals surface area contributed by atoms with Crippen molar-refractivity contribution in [1.29, 1.82) is 0 Å². The van der Waals surface area contributed by atoms with Gasteiger partial charge >= 0.3 is 0 Å². The lowest BCUT2D eigenvalue weighted by atomic mass is 10.3. The third-order valence-electron chi connectivity index (χ3n) is 3.24. The number of nitrogens with one attached hydrogen (secondary N) is 1. The van der Waals surface area contributed by atoms with Gasteiger partial charge in [-0.15, -0.1) is 0 Å². The second-order valence-corrected chi connectivity index (χ2v) is 5.66. The first-order chi connectivity index (χ1) is 9.15. The molecule has 1 fully saturated rings. The normalized spacial score (nSPS) is 14.4. The highest BCUT2D eigenvalue weighted by Crippen LogP contribution is 2.36. The van der Waals surface area contributed by atoms with Crippen LogP contribution in [0.15, 0.2) is 35.1 Å². The van der Waals surface area contributed by atoms with Crippen molar-refractivity contribution in [3.05, 3.63) is 46.3 Å². The van der Waals surface area contributed by atoms with Gasteiger partial charge in [0.1, 0.15) is 11.5 Å². The Bertz CT molecular complexity index is 631. The number of hydrogen-bond acceptors (Lipinski definition) is 2. The molecule has 5 heteroatoms. The molecular formula is C14H14BrN3O. The van der Waals surface area contributed by atoms with Crippen LogP contribution in [0.5, 0.6) is 0 Å². The molecule has 3 rings (SSSR count). The Morgan fingerprint density at radius 1 is 1.53 bits per heavy atom. The third-order valence-corrected chi connectivity index (χ3v) is 4.07. The fourth-order valence-electron chi connectivity index (χ4n) is 2.05. The number of halogens is 1. The van der Waals surface area contributed by atoms with Gasteiger partial charge in [-0.3, -0.25) is 4.79 Å².